The molecular weight excluding hydrogens is 342 g/mol. The van der Waals surface area contributed by atoms with Crippen molar-refractivity contribution in [2.24, 2.45) is 0 Å². The zero-order chi connectivity index (χ0) is 19.1. The highest BCUT2D eigenvalue weighted by Gasteiger charge is 2.16. The summed E-state index contributed by atoms with van der Waals surface area (Å²) in [5.41, 5.74) is 1.24. The summed E-state index contributed by atoms with van der Waals surface area (Å²) in [5, 5.41) is 1.90. The van der Waals surface area contributed by atoms with Crippen molar-refractivity contribution in [3.63, 3.8) is 0 Å². The molecule has 2 aromatic rings. The first-order chi connectivity index (χ1) is 12.4. The molecular formula is C18H17NO7. The normalized spacial score (nSPS) is 10.1. The third kappa shape index (κ3) is 5.04. The number of ether oxygens (including phenoxy) is 2. The maximum absolute atomic E-state index is 11.9. The van der Waals surface area contributed by atoms with Crippen molar-refractivity contribution in [2.75, 3.05) is 13.2 Å². The third-order valence-electron chi connectivity index (χ3n) is 3.23. The molecule has 8 heteroatoms. The van der Waals surface area contributed by atoms with Crippen LogP contribution in [0.15, 0.2) is 40.8 Å². The van der Waals surface area contributed by atoms with E-state index in [0.29, 0.717) is 16.9 Å². The van der Waals surface area contributed by atoms with Crippen LogP contribution in [-0.4, -0.2) is 37.0 Å². The van der Waals surface area contributed by atoms with Crippen LogP contribution in [0, 0.1) is 0 Å². The molecule has 8 nitrogen and oxygen atoms in total. The van der Waals surface area contributed by atoms with Crippen molar-refractivity contribution in [1.82, 2.24) is 5.32 Å². The monoisotopic (exact) mass is 359 g/mol. The fourth-order valence-corrected chi connectivity index (χ4v) is 1.99. The second-order valence-corrected chi connectivity index (χ2v) is 5.14. The number of imide groups is 1. The third-order valence-corrected chi connectivity index (χ3v) is 3.23. The van der Waals surface area contributed by atoms with E-state index in [1.54, 1.807) is 37.3 Å². The van der Waals surface area contributed by atoms with Crippen LogP contribution in [0.2, 0.25) is 0 Å². The molecule has 2 rings (SSSR count). The van der Waals surface area contributed by atoms with Gasteiger partial charge in [0.2, 0.25) is 5.76 Å². The number of esters is 1. The highest BCUT2D eigenvalue weighted by molar-refractivity contribution is 5.95. The maximum atomic E-state index is 11.9. The predicted octanol–water partition coefficient (Wildman–Crippen LogP) is 2.58. The number of nitrogens with one attached hydrogen (secondary N) is 1. The molecule has 0 saturated heterocycles. The zero-order valence-electron chi connectivity index (χ0n) is 14.2. The number of carbonyl (C=O) groups excluding carboxylic acids is 4. The van der Waals surface area contributed by atoms with E-state index in [2.05, 4.69) is 4.74 Å². The summed E-state index contributed by atoms with van der Waals surface area (Å²) in [4.78, 5) is 45.7. The van der Waals surface area contributed by atoms with Gasteiger partial charge in [-0.2, -0.15) is 0 Å². The molecule has 1 heterocycles. The summed E-state index contributed by atoms with van der Waals surface area (Å²) < 4.78 is 14.7. The van der Waals surface area contributed by atoms with Gasteiger partial charge in [0.1, 0.15) is 5.76 Å². The molecule has 0 atom stereocenters. The standard InChI is InChI=1S/C18H17NO7/c1-3-24-18(23)19-16(21)10-25-17(22)15-9-8-14(26-15)13-6-4-12(5-7-13)11(2)20/h4-9H,3,10H2,1-2H3,(H,19,21,23). The van der Waals surface area contributed by atoms with Crippen LogP contribution in [0.1, 0.15) is 34.8 Å². The Bertz CT molecular complexity index is 820. The first-order valence-corrected chi connectivity index (χ1v) is 7.75. The van der Waals surface area contributed by atoms with Crippen molar-refractivity contribution < 1.29 is 33.1 Å². The van der Waals surface area contributed by atoms with Gasteiger partial charge in [-0.15, -0.1) is 0 Å². The second kappa shape index (κ2) is 8.61. The van der Waals surface area contributed by atoms with Gasteiger partial charge in [0.25, 0.3) is 5.91 Å². The van der Waals surface area contributed by atoms with Crippen LogP contribution in [0.4, 0.5) is 4.79 Å². The van der Waals surface area contributed by atoms with Gasteiger partial charge in [-0.3, -0.25) is 14.9 Å². The smallest absolute Gasteiger partial charge is 0.413 e. The van der Waals surface area contributed by atoms with Gasteiger partial charge in [0.15, 0.2) is 12.4 Å². The van der Waals surface area contributed by atoms with Crippen LogP contribution < -0.4 is 5.32 Å². The number of furan rings is 1. The second-order valence-electron chi connectivity index (χ2n) is 5.14. The van der Waals surface area contributed by atoms with Crippen LogP contribution in [0.3, 0.4) is 0 Å². The highest BCUT2D eigenvalue weighted by atomic mass is 16.6. The minimum Gasteiger partial charge on any atom is -0.450 e. The molecule has 0 aliphatic carbocycles. The lowest BCUT2D eigenvalue weighted by molar-refractivity contribution is -0.123. The molecule has 0 radical (unpaired) electrons. The summed E-state index contributed by atoms with van der Waals surface area (Å²) >= 11 is 0. The van der Waals surface area contributed by atoms with Gasteiger partial charge in [0, 0.05) is 11.1 Å². The number of hydrogen-bond donors (Lipinski definition) is 1. The van der Waals surface area contributed by atoms with Crippen molar-refractivity contribution in [3.8, 4) is 11.3 Å². The van der Waals surface area contributed by atoms with Gasteiger partial charge in [0.05, 0.1) is 6.61 Å². The number of benzene rings is 1. The molecule has 0 spiro atoms. The summed E-state index contributed by atoms with van der Waals surface area (Å²) in [5.74, 6) is -1.41. The van der Waals surface area contributed by atoms with Crippen LogP contribution >= 0.6 is 0 Å². The van der Waals surface area contributed by atoms with Gasteiger partial charge in [-0.1, -0.05) is 24.3 Å². The zero-order valence-corrected chi connectivity index (χ0v) is 14.2. The number of alkyl carbamates (subject to hydrolysis) is 1. The Kier molecular flexibility index (Phi) is 6.26. The predicted molar refractivity (Wildman–Crippen MR) is 89.6 cm³/mol. The van der Waals surface area contributed by atoms with Gasteiger partial charge < -0.3 is 13.9 Å². The van der Waals surface area contributed by atoms with E-state index in [4.69, 9.17) is 9.15 Å². The number of amides is 2. The quantitative estimate of drug-likeness (QED) is 0.623. The average Bonchev–Trinajstić information content (AvgIpc) is 3.10. The first-order valence-electron chi connectivity index (χ1n) is 7.75. The van der Waals surface area contributed by atoms with E-state index in [1.807, 2.05) is 5.32 Å². The molecule has 0 unspecified atom stereocenters. The molecule has 0 aliphatic rings. The number of ketones is 1. The molecule has 0 saturated carbocycles. The summed E-state index contributed by atoms with van der Waals surface area (Å²) in [6, 6.07) is 9.66. The van der Waals surface area contributed by atoms with Crippen molar-refractivity contribution in [3.05, 3.63) is 47.7 Å². The molecule has 1 aromatic carbocycles. The Morgan fingerprint density at radius 3 is 2.31 bits per heavy atom. The van der Waals surface area contributed by atoms with Crippen LogP contribution in [-0.2, 0) is 14.3 Å². The minimum absolute atomic E-state index is 0.0543. The molecule has 0 aliphatic heterocycles. The number of Topliss-reactive ketones (excluding diaryl/α,β-unsaturated/α-hetero) is 1. The fourth-order valence-electron chi connectivity index (χ4n) is 1.99. The van der Waals surface area contributed by atoms with E-state index >= 15 is 0 Å². The SMILES string of the molecule is CCOC(=O)NC(=O)COC(=O)c1ccc(-c2ccc(C(C)=O)cc2)o1. The summed E-state index contributed by atoms with van der Waals surface area (Å²) in [7, 11) is 0. The van der Waals surface area contributed by atoms with E-state index in [-0.39, 0.29) is 18.2 Å². The Hall–Kier alpha value is -3.42. The molecule has 0 bridgehead atoms. The summed E-state index contributed by atoms with van der Waals surface area (Å²) in [6.45, 7) is 2.52. The molecule has 136 valence electrons. The van der Waals surface area contributed by atoms with E-state index < -0.39 is 24.6 Å². The van der Waals surface area contributed by atoms with Crippen molar-refractivity contribution >= 4 is 23.8 Å². The van der Waals surface area contributed by atoms with Crippen LogP contribution in [0.25, 0.3) is 11.3 Å². The molecule has 26 heavy (non-hydrogen) atoms. The Morgan fingerprint density at radius 2 is 1.69 bits per heavy atom. The van der Waals surface area contributed by atoms with Gasteiger partial charge >= 0.3 is 12.1 Å². The lowest BCUT2D eigenvalue weighted by atomic mass is 10.1. The fraction of sp³-hybridized carbons (Fsp3) is 0.222. The number of hydrogen-bond acceptors (Lipinski definition) is 7. The Morgan fingerprint density at radius 1 is 1.00 bits per heavy atom. The highest BCUT2D eigenvalue weighted by Crippen LogP contribution is 2.23. The van der Waals surface area contributed by atoms with E-state index in [1.165, 1.54) is 13.0 Å². The van der Waals surface area contributed by atoms with Gasteiger partial charge in [-0.05, 0) is 26.0 Å². The largest absolute Gasteiger partial charge is 0.450 e. The molecule has 1 aromatic heterocycles. The lowest BCUT2D eigenvalue weighted by Gasteiger charge is -2.04. The number of carbonyl (C=O) groups is 4. The van der Waals surface area contributed by atoms with E-state index in [9.17, 15) is 19.2 Å². The molecule has 1 N–H and O–H groups in total. The Labute approximate surface area is 149 Å². The van der Waals surface area contributed by atoms with Gasteiger partial charge in [-0.25, -0.2) is 9.59 Å². The van der Waals surface area contributed by atoms with Crippen molar-refractivity contribution in [1.29, 1.82) is 0 Å². The number of rotatable bonds is 6. The average molecular weight is 359 g/mol. The molecule has 2 amide bonds. The lowest BCUT2D eigenvalue weighted by Crippen LogP contribution is -2.34. The van der Waals surface area contributed by atoms with Crippen LogP contribution in [0.5, 0.6) is 0 Å². The Balaban J connectivity index is 1.94. The maximum Gasteiger partial charge on any atom is 0.413 e. The molecule has 0 fully saturated rings. The minimum atomic E-state index is -0.914. The van der Waals surface area contributed by atoms with Crippen molar-refractivity contribution in [2.45, 2.75) is 13.8 Å². The van der Waals surface area contributed by atoms with E-state index in [0.717, 1.165) is 0 Å². The topological polar surface area (TPSA) is 112 Å². The first kappa shape index (κ1) is 18.9. The summed E-state index contributed by atoms with van der Waals surface area (Å²) in [6.07, 6.45) is -0.914.